The second-order valence-corrected chi connectivity index (χ2v) is 6.72. The monoisotopic (exact) mass is 302 g/mol. The molecule has 2 aromatic rings. The second kappa shape index (κ2) is 7.62. The minimum absolute atomic E-state index is 0.985. The van der Waals surface area contributed by atoms with E-state index in [4.69, 9.17) is 0 Å². The van der Waals surface area contributed by atoms with Gasteiger partial charge in [0.2, 0.25) is 0 Å². The first kappa shape index (κ1) is 16.1. The summed E-state index contributed by atoms with van der Waals surface area (Å²) >= 11 is 1.92. The molecule has 2 nitrogen and oxygen atoms in total. The lowest BCUT2D eigenvalue weighted by Gasteiger charge is -2.25. The molecule has 2 rings (SSSR count). The predicted molar refractivity (Wildman–Crippen MR) is 94.3 cm³/mol. The van der Waals surface area contributed by atoms with Crippen LogP contribution in [0, 0.1) is 13.8 Å². The molecule has 0 unspecified atom stereocenters. The summed E-state index contributed by atoms with van der Waals surface area (Å²) in [4.78, 5) is 5.33. The van der Waals surface area contributed by atoms with Gasteiger partial charge in [-0.2, -0.15) is 0 Å². The van der Waals surface area contributed by atoms with Gasteiger partial charge in [-0.15, -0.1) is 11.3 Å². The van der Waals surface area contributed by atoms with E-state index in [1.165, 1.54) is 26.6 Å². The molecule has 0 aliphatic heterocycles. The fraction of sp³-hybridized carbons (Fsp3) is 0.444. The van der Waals surface area contributed by atoms with E-state index in [2.05, 4.69) is 68.2 Å². The second-order valence-electron chi connectivity index (χ2n) is 5.38. The normalized spacial score (nSPS) is 10.9. The van der Waals surface area contributed by atoms with E-state index < -0.39 is 0 Å². The van der Waals surface area contributed by atoms with Gasteiger partial charge in [-0.05, 0) is 50.6 Å². The molecule has 114 valence electrons. The van der Waals surface area contributed by atoms with Crippen LogP contribution in [0.1, 0.15) is 34.7 Å². The first-order valence-electron chi connectivity index (χ1n) is 7.75. The highest BCUT2D eigenvalue weighted by molar-refractivity contribution is 7.12. The smallest absolute Gasteiger partial charge is 0.0440 e. The van der Waals surface area contributed by atoms with Gasteiger partial charge in [0.25, 0.3) is 0 Å². The van der Waals surface area contributed by atoms with Gasteiger partial charge >= 0.3 is 0 Å². The summed E-state index contributed by atoms with van der Waals surface area (Å²) in [5.41, 5.74) is 4.15. The van der Waals surface area contributed by atoms with Crippen LogP contribution in [0.4, 0.5) is 5.69 Å². The van der Waals surface area contributed by atoms with Crippen LogP contribution in [0.25, 0.3) is 0 Å². The van der Waals surface area contributed by atoms with Crippen molar-refractivity contribution in [1.82, 2.24) is 5.32 Å². The Morgan fingerprint density at radius 1 is 1.14 bits per heavy atom. The van der Waals surface area contributed by atoms with E-state index in [1.807, 2.05) is 11.3 Å². The number of anilines is 1. The van der Waals surface area contributed by atoms with Gasteiger partial charge in [0.1, 0.15) is 0 Å². The molecular weight excluding hydrogens is 276 g/mol. The largest absolute Gasteiger partial charge is 0.367 e. The maximum absolute atomic E-state index is 3.41. The van der Waals surface area contributed by atoms with Crippen LogP contribution in [0.15, 0.2) is 30.3 Å². The lowest BCUT2D eigenvalue weighted by molar-refractivity contribution is 0.734. The number of benzene rings is 1. The van der Waals surface area contributed by atoms with Crippen molar-refractivity contribution in [2.45, 2.75) is 40.8 Å². The van der Waals surface area contributed by atoms with Crippen molar-refractivity contribution in [2.24, 2.45) is 0 Å². The molecule has 0 amide bonds. The number of rotatable bonds is 7. The third kappa shape index (κ3) is 4.08. The molecule has 3 heteroatoms. The Balaban J connectivity index is 2.15. The molecule has 21 heavy (non-hydrogen) atoms. The number of thiophene rings is 1. The van der Waals surface area contributed by atoms with Crippen LogP contribution in [0.3, 0.4) is 0 Å². The van der Waals surface area contributed by atoms with E-state index in [-0.39, 0.29) is 0 Å². The Morgan fingerprint density at radius 2 is 1.90 bits per heavy atom. The lowest BCUT2D eigenvalue weighted by atomic mass is 10.1. The van der Waals surface area contributed by atoms with Gasteiger partial charge in [-0.1, -0.05) is 25.1 Å². The zero-order valence-electron chi connectivity index (χ0n) is 13.6. The fourth-order valence-electron chi connectivity index (χ4n) is 2.57. The number of hydrogen-bond donors (Lipinski definition) is 1. The maximum atomic E-state index is 3.41. The molecule has 1 heterocycles. The minimum Gasteiger partial charge on any atom is -0.367 e. The average molecular weight is 302 g/mol. The Hall–Kier alpha value is -1.32. The average Bonchev–Trinajstić information content (AvgIpc) is 2.83. The highest BCUT2D eigenvalue weighted by Crippen LogP contribution is 2.26. The molecule has 0 aliphatic rings. The summed E-state index contributed by atoms with van der Waals surface area (Å²) in [6.45, 7) is 12.8. The summed E-state index contributed by atoms with van der Waals surface area (Å²) in [5, 5.41) is 3.41. The zero-order chi connectivity index (χ0) is 15.2. The topological polar surface area (TPSA) is 15.3 Å². The highest BCUT2D eigenvalue weighted by Gasteiger charge is 2.11. The third-order valence-electron chi connectivity index (χ3n) is 3.82. The van der Waals surface area contributed by atoms with E-state index in [0.717, 1.165) is 26.2 Å². The molecule has 0 spiro atoms. The molecule has 0 aliphatic carbocycles. The zero-order valence-corrected chi connectivity index (χ0v) is 14.4. The third-order valence-corrected chi connectivity index (χ3v) is 4.91. The van der Waals surface area contributed by atoms with E-state index >= 15 is 0 Å². The van der Waals surface area contributed by atoms with Crippen molar-refractivity contribution < 1.29 is 0 Å². The van der Waals surface area contributed by atoms with Gasteiger partial charge < -0.3 is 10.2 Å². The Bertz CT molecular complexity index is 574. The summed E-state index contributed by atoms with van der Waals surface area (Å²) in [7, 11) is 0. The summed E-state index contributed by atoms with van der Waals surface area (Å²) in [6, 6.07) is 11.0. The van der Waals surface area contributed by atoms with Crippen molar-refractivity contribution in [3.8, 4) is 0 Å². The summed E-state index contributed by atoms with van der Waals surface area (Å²) in [5.74, 6) is 0. The number of para-hydroxylation sites is 1. The summed E-state index contributed by atoms with van der Waals surface area (Å²) in [6.07, 6.45) is 0. The van der Waals surface area contributed by atoms with Gasteiger partial charge in [0, 0.05) is 35.1 Å². The Labute approximate surface area is 132 Å². The van der Waals surface area contributed by atoms with Crippen molar-refractivity contribution in [2.75, 3.05) is 18.0 Å². The van der Waals surface area contributed by atoms with Crippen LogP contribution < -0.4 is 10.2 Å². The van der Waals surface area contributed by atoms with Crippen molar-refractivity contribution in [3.63, 3.8) is 0 Å². The number of nitrogens with one attached hydrogen (secondary N) is 1. The molecule has 0 radical (unpaired) electrons. The standard InChI is InChI=1S/C18H26N2S/c1-5-19-12-17-11-16(15(4)21-17)13-20(6-2)18-10-8-7-9-14(18)3/h7-11,19H,5-6,12-13H2,1-4H3. The van der Waals surface area contributed by atoms with Gasteiger partial charge in [0.15, 0.2) is 0 Å². The number of aryl methyl sites for hydroxylation is 2. The maximum Gasteiger partial charge on any atom is 0.0440 e. The molecule has 0 atom stereocenters. The summed E-state index contributed by atoms with van der Waals surface area (Å²) < 4.78 is 0. The molecule has 1 aromatic heterocycles. The first-order valence-corrected chi connectivity index (χ1v) is 8.56. The minimum atomic E-state index is 0.985. The molecule has 1 N–H and O–H groups in total. The van der Waals surface area contributed by atoms with Gasteiger partial charge in [-0.25, -0.2) is 0 Å². The first-order chi connectivity index (χ1) is 10.2. The van der Waals surface area contributed by atoms with Crippen molar-refractivity contribution in [3.05, 3.63) is 51.2 Å². The van der Waals surface area contributed by atoms with E-state index in [0.29, 0.717) is 0 Å². The van der Waals surface area contributed by atoms with Crippen LogP contribution in [-0.2, 0) is 13.1 Å². The highest BCUT2D eigenvalue weighted by atomic mass is 32.1. The van der Waals surface area contributed by atoms with E-state index in [1.54, 1.807) is 0 Å². The lowest BCUT2D eigenvalue weighted by Crippen LogP contribution is -2.22. The van der Waals surface area contributed by atoms with Crippen LogP contribution in [0.2, 0.25) is 0 Å². The Kier molecular flexibility index (Phi) is 5.83. The molecule has 0 saturated heterocycles. The molecule has 0 saturated carbocycles. The van der Waals surface area contributed by atoms with Crippen LogP contribution in [-0.4, -0.2) is 13.1 Å². The quantitative estimate of drug-likeness (QED) is 0.810. The van der Waals surface area contributed by atoms with Crippen molar-refractivity contribution >= 4 is 17.0 Å². The molecule has 0 fully saturated rings. The van der Waals surface area contributed by atoms with Crippen LogP contribution in [0.5, 0.6) is 0 Å². The molecular formula is C18H26N2S. The number of hydrogen-bond acceptors (Lipinski definition) is 3. The van der Waals surface area contributed by atoms with Gasteiger partial charge in [-0.3, -0.25) is 0 Å². The number of nitrogens with zero attached hydrogens (tertiary/aromatic N) is 1. The fourth-order valence-corrected chi connectivity index (χ4v) is 3.59. The van der Waals surface area contributed by atoms with E-state index in [9.17, 15) is 0 Å². The SMILES string of the molecule is CCNCc1cc(CN(CC)c2ccccc2C)c(C)s1. The van der Waals surface area contributed by atoms with Crippen molar-refractivity contribution in [1.29, 1.82) is 0 Å². The van der Waals surface area contributed by atoms with Gasteiger partial charge in [0.05, 0.1) is 0 Å². The Morgan fingerprint density at radius 3 is 2.57 bits per heavy atom. The molecule has 0 bridgehead atoms. The predicted octanol–water partition coefficient (Wildman–Crippen LogP) is 4.50. The van der Waals surface area contributed by atoms with Crippen LogP contribution >= 0.6 is 11.3 Å². The molecule has 1 aromatic carbocycles.